The third-order valence-electron chi connectivity index (χ3n) is 11.6. The van der Waals surface area contributed by atoms with Gasteiger partial charge >= 0.3 is 0 Å². The zero-order chi connectivity index (χ0) is 39.3. The number of aromatic nitrogens is 1. The maximum absolute atomic E-state index is 14.7. The molecule has 1 aromatic heterocycles. The van der Waals surface area contributed by atoms with Gasteiger partial charge in [0.05, 0.1) is 27.4 Å². The summed E-state index contributed by atoms with van der Waals surface area (Å²) in [6, 6.07) is 15.4. The Kier molecular flexibility index (Phi) is 12.3. The molecule has 1 N–H and O–H groups in total. The molecule has 0 spiro atoms. The van der Waals surface area contributed by atoms with Crippen molar-refractivity contribution in [3.05, 3.63) is 124 Å². The second kappa shape index (κ2) is 17.5. The number of benzene rings is 3. The standard InChI is InChI=1S/C45H50F2N4O3.C2H6/c1-28-38(31-5-6-31)20-34(22-43(28)52-2)42-18-29(11-14-49-42)26-50-15-12-36(13-16-50)51(37-9-10-40(46)41(47)23-37)27-30-17-35(25-48-24-30)33-19-39(32-7-8-32)45(54-4)44(21-33)53-3;1-2/h9-11,14,17-25,31-32,36,42,49H,5-8,12-13,15-16,26-27H2,1-4H3;1-2H3. The van der Waals surface area contributed by atoms with E-state index in [1.54, 1.807) is 27.4 Å². The molecule has 3 aromatic carbocycles. The first-order valence-electron chi connectivity index (χ1n) is 20.3. The van der Waals surface area contributed by atoms with Crippen molar-refractivity contribution in [1.82, 2.24) is 15.2 Å². The largest absolute Gasteiger partial charge is 0.496 e. The number of halogens is 2. The lowest BCUT2D eigenvalue weighted by Gasteiger charge is -2.40. The van der Waals surface area contributed by atoms with E-state index in [0.717, 1.165) is 79.1 Å². The van der Waals surface area contributed by atoms with Gasteiger partial charge in [-0.25, -0.2) is 8.78 Å². The van der Waals surface area contributed by atoms with Crippen LogP contribution in [0, 0.1) is 18.6 Å². The van der Waals surface area contributed by atoms with E-state index in [1.807, 2.05) is 32.3 Å². The first-order chi connectivity index (χ1) is 27.3. The Morgan fingerprint density at radius 1 is 0.786 bits per heavy atom. The van der Waals surface area contributed by atoms with Crippen LogP contribution in [0.2, 0.25) is 0 Å². The minimum Gasteiger partial charge on any atom is -0.496 e. The number of dihydropyridines is 1. The SMILES string of the molecule is CC.COc1cc(C2C=C(CN3CCC(N(Cc4cncc(-c5cc(OC)c(OC)c(C6CC6)c5)c4)c4ccc(F)c(F)c4)CC3)C=CN2)cc(C2CC2)c1C. The minimum absolute atomic E-state index is 0.0853. The van der Waals surface area contributed by atoms with Gasteiger partial charge < -0.3 is 24.4 Å². The van der Waals surface area contributed by atoms with Crippen LogP contribution in [-0.2, 0) is 6.54 Å². The Balaban J connectivity index is 0.00000237. The van der Waals surface area contributed by atoms with E-state index in [4.69, 9.17) is 14.2 Å². The molecular weight excluding hydrogens is 707 g/mol. The molecule has 8 rings (SSSR count). The summed E-state index contributed by atoms with van der Waals surface area (Å²) in [7, 11) is 5.11. The second-order valence-electron chi connectivity index (χ2n) is 15.3. The van der Waals surface area contributed by atoms with Crippen molar-refractivity contribution in [3.8, 4) is 28.4 Å². The monoisotopic (exact) mass is 762 g/mol. The van der Waals surface area contributed by atoms with Crippen molar-refractivity contribution in [2.24, 2.45) is 0 Å². The van der Waals surface area contributed by atoms with Crippen molar-refractivity contribution in [1.29, 1.82) is 0 Å². The predicted molar refractivity (Wildman–Crippen MR) is 221 cm³/mol. The number of ether oxygens (including phenoxy) is 3. The van der Waals surface area contributed by atoms with Gasteiger partial charge in [-0.05, 0) is 139 Å². The third kappa shape index (κ3) is 8.73. The number of methoxy groups -OCH3 is 3. The van der Waals surface area contributed by atoms with E-state index >= 15 is 0 Å². The van der Waals surface area contributed by atoms with Crippen LogP contribution in [0.25, 0.3) is 11.1 Å². The summed E-state index contributed by atoms with van der Waals surface area (Å²) in [4.78, 5) is 9.37. The molecule has 2 saturated carbocycles. The average molecular weight is 763 g/mol. The third-order valence-corrected chi connectivity index (χ3v) is 11.6. The fraction of sp³-hybridized carbons (Fsp3) is 0.426. The molecule has 2 aliphatic heterocycles. The van der Waals surface area contributed by atoms with E-state index < -0.39 is 11.6 Å². The van der Waals surface area contributed by atoms with Gasteiger partial charge in [-0.3, -0.25) is 9.88 Å². The van der Waals surface area contributed by atoms with Crippen LogP contribution in [0.3, 0.4) is 0 Å². The molecule has 3 heterocycles. The molecule has 0 amide bonds. The molecule has 1 unspecified atom stereocenters. The number of pyridine rings is 1. The highest BCUT2D eigenvalue weighted by molar-refractivity contribution is 5.70. The van der Waals surface area contributed by atoms with Gasteiger partial charge in [0.2, 0.25) is 0 Å². The number of hydrogen-bond acceptors (Lipinski definition) is 7. The summed E-state index contributed by atoms with van der Waals surface area (Å²) in [5.74, 6) is 1.90. The summed E-state index contributed by atoms with van der Waals surface area (Å²) in [5.41, 5.74) is 10.0. The zero-order valence-corrected chi connectivity index (χ0v) is 33.7. The number of nitrogens with zero attached hydrogens (tertiary/aromatic N) is 3. The van der Waals surface area contributed by atoms with E-state index in [2.05, 4.69) is 69.6 Å². The molecule has 1 atom stereocenters. The quantitative estimate of drug-likeness (QED) is 0.146. The van der Waals surface area contributed by atoms with Crippen LogP contribution >= 0.6 is 0 Å². The summed E-state index contributed by atoms with van der Waals surface area (Å²) in [5, 5.41) is 3.56. The highest BCUT2D eigenvalue weighted by atomic mass is 19.2. The molecule has 56 heavy (non-hydrogen) atoms. The smallest absolute Gasteiger partial charge is 0.164 e. The molecule has 296 valence electrons. The number of nitrogens with one attached hydrogen (secondary N) is 1. The number of anilines is 1. The van der Waals surface area contributed by atoms with Crippen molar-refractivity contribution in [2.45, 2.75) is 89.8 Å². The lowest BCUT2D eigenvalue weighted by atomic mass is 9.94. The summed E-state index contributed by atoms with van der Waals surface area (Å²) >= 11 is 0. The van der Waals surface area contributed by atoms with Crippen molar-refractivity contribution >= 4 is 5.69 Å². The van der Waals surface area contributed by atoms with E-state index in [-0.39, 0.29) is 12.1 Å². The van der Waals surface area contributed by atoms with Crippen molar-refractivity contribution < 1.29 is 23.0 Å². The lowest BCUT2D eigenvalue weighted by molar-refractivity contribution is 0.224. The second-order valence-corrected chi connectivity index (χ2v) is 15.3. The van der Waals surface area contributed by atoms with E-state index in [0.29, 0.717) is 29.8 Å². The van der Waals surface area contributed by atoms with Crippen molar-refractivity contribution in [2.75, 3.05) is 45.9 Å². The van der Waals surface area contributed by atoms with Crippen LogP contribution < -0.4 is 24.4 Å². The Morgan fingerprint density at radius 3 is 2.20 bits per heavy atom. The summed E-state index contributed by atoms with van der Waals surface area (Å²) in [6.07, 6.45) is 16.9. The Bertz CT molecular complexity index is 2070. The Labute approximate surface area is 331 Å². The number of likely N-dealkylation sites (tertiary alicyclic amines) is 1. The van der Waals surface area contributed by atoms with Gasteiger partial charge in [-0.15, -0.1) is 0 Å². The van der Waals surface area contributed by atoms with Gasteiger partial charge in [0, 0.05) is 67.5 Å². The fourth-order valence-electron chi connectivity index (χ4n) is 8.34. The predicted octanol–water partition coefficient (Wildman–Crippen LogP) is 10.4. The highest BCUT2D eigenvalue weighted by Gasteiger charge is 2.31. The lowest BCUT2D eigenvalue weighted by Crippen LogP contribution is -2.45. The van der Waals surface area contributed by atoms with Gasteiger partial charge in [-0.1, -0.05) is 26.0 Å². The van der Waals surface area contributed by atoms with Gasteiger partial charge in [0.15, 0.2) is 23.1 Å². The van der Waals surface area contributed by atoms with Crippen molar-refractivity contribution in [3.63, 3.8) is 0 Å². The van der Waals surface area contributed by atoms with Gasteiger partial charge in [0.25, 0.3) is 0 Å². The molecule has 0 radical (unpaired) electrons. The average Bonchev–Trinajstić information content (AvgIpc) is 4.17. The number of piperidine rings is 1. The molecule has 3 fully saturated rings. The topological polar surface area (TPSA) is 59.1 Å². The first kappa shape index (κ1) is 39.3. The summed E-state index contributed by atoms with van der Waals surface area (Å²) in [6.45, 7) is 9.33. The summed E-state index contributed by atoms with van der Waals surface area (Å²) < 4.78 is 46.1. The van der Waals surface area contributed by atoms with E-state index in [9.17, 15) is 8.78 Å². The van der Waals surface area contributed by atoms with E-state index in [1.165, 1.54) is 47.2 Å². The van der Waals surface area contributed by atoms with Gasteiger partial charge in [-0.2, -0.15) is 0 Å². The zero-order valence-electron chi connectivity index (χ0n) is 33.7. The molecule has 4 aromatic rings. The Hall–Kier alpha value is -4.89. The molecular formula is C47H56F2N4O3. The van der Waals surface area contributed by atoms with Crippen LogP contribution in [0.15, 0.2) is 84.8 Å². The molecule has 2 aliphatic carbocycles. The fourth-order valence-corrected chi connectivity index (χ4v) is 8.34. The van der Waals surface area contributed by atoms with Crippen LogP contribution in [0.5, 0.6) is 17.2 Å². The number of hydrogen-bond donors (Lipinski definition) is 1. The normalized spacial score (nSPS) is 18.4. The Morgan fingerprint density at radius 2 is 1.52 bits per heavy atom. The van der Waals surface area contributed by atoms with Crippen LogP contribution in [0.1, 0.15) is 98.1 Å². The molecule has 9 heteroatoms. The number of rotatable bonds is 13. The van der Waals surface area contributed by atoms with Crippen LogP contribution in [0.4, 0.5) is 14.5 Å². The van der Waals surface area contributed by atoms with Crippen LogP contribution in [-0.4, -0.2) is 56.9 Å². The molecule has 1 saturated heterocycles. The maximum atomic E-state index is 14.7. The minimum atomic E-state index is -0.841. The highest BCUT2D eigenvalue weighted by Crippen LogP contribution is 2.49. The molecule has 4 aliphatic rings. The first-order valence-corrected chi connectivity index (χ1v) is 20.3. The maximum Gasteiger partial charge on any atom is 0.164 e. The molecule has 0 bridgehead atoms. The molecule has 7 nitrogen and oxygen atoms in total. The van der Waals surface area contributed by atoms with Gasteiger partial charge in [0.1, 0.15) is 5.75 Å².